The third-order valence-electron chi connectivity index (χ3n) is 4.68. The van der Waals surface area contributed by atoms with Crippen molar-refractivity contribution >= 4 is 17.2 Å². The van der Waals surface area contributed by atoms with E-state index in [1.54, 1.807) is 22.7 Å². The molecule has 142 valence electrons. The van der Waals surface area contributed by atoms with Crippen LogP contribution in [0.15, 0.2) is 59.4 Å². The second-order valence-corrected chi connectivity index (χ2v) is 6.94. The maximum absolute atomic E-state index is 13.5. The molecule has 3 heterocycles. The quantitative estimate of drug-likeness (QED) is 0.479. The Labute approximate surface area is 169 Å². The maximum Gasteiger partial charge on any atom is 0.233 e. The molecule has 0 aliphatic carbocycles. The number of tetrazole rings is 1. The van der Waals surface area contributed by atoms with Gasteiger partial charge in [0, 0.05) is 10.6 Å². The number of H-pyrrole nitrogens is 2. The lowest BCUT2D eigenvalue weighted by Crippen LogP contribution is -2.15. The van der Waals surface area contributed by atoms with Crippen LogP contribution in [0, 0.1) is 6.92 Å². The summed E-state index contributed by atoms with van der Waals surface area (Å²) in [6.07, 6.45) is 0. The summed E-state index contributed by atoms with van der Waals surface area (Å²) in [7, 11) is 0. The van der Waals surface area contributed by atoms with Gasteiger partial charge in [0.2, 0.25) is 16.9 Å². The lowest BCUT2D eigenvalue weighted by Gasteiger charge is -2.10. The van der Waals surface area contributed by atoms with Crippen LogP contribution in [0.25, 0.3) is 39.5 Å². The summed E-state index contributed by atoms with van der Waals surface area (Å²) in [6, 6.07) is 16.8. The van der Waals surface area contributed by atoms with Gasteiger partial charge in [0.05, 0.1) is 17.0 Å². The van der Waals surface area contributed by atoms with Gasteiger partial charge in [0.25, 0.3) is 0 Å². The van der Waals surface area contributed by atoms with Gasteiger partial charge in [-0.05, 0) is 29.8 Å². The van der Waals surface area contributed by atoms with Crippen molar-refractivity contribution in [2.75, 3.05) is 0 Å². The highest BCUT2D eigenvalue weighted by atomic mass is 35.5. The summed E-state index contributed by atoms with van der Waals surface area (Å²) in [6.45, 7) is 1.87. The van der Waals surface area contributed by atoms with E-state index in [1.165, 1.54) is 0 Å². The molecule has 29 heavy (non-hydrogen) atoms. The molecule has 0 radical (unpaired) electrons. The predicted octanol–water partition coefficient (Wildman–Crippen LogP) is 3.50. The SMILES string of the molecule is Cc1nc2c(=O)c(-c3cccc(Cl)c3)c(-c3nn[nH]n3)[nH]n2c1-c1ccccc1. The van der Waals surface area contributed by atoms with Gasteiger partial charge in [-0.1, -0.05) is 54.1 Å². The Morgan fingerprint density at radius 3 is 2.55 bits per heavy atom. The number of imidazole rings is 1. The van der Waals surface area contributed by atoms with Crippen LogP contribution in [0.3, 0.4) is 0 Å². The molecule has 0 spiro atoms. The van der Waals surface area contributed by atoms with Crippen LogP contribution < -0.4 is 5.43 Å². The monoisotopic (exact) mass is 403 g/mol. The van der Waals surface area contributed by atoms with Gasteiger partial charge >= 0.3 is 0 Å². The molecule has 0 atom stereocenters. The first-order valence-corrected chi connectivity index (χ1v) is 9.22. The highest BCUT2D eigenvalue weighted by molar-refractivity contribution is 6.30. The predicted molar refractivity (Wildman–Crippen MR) is 110 cm³/mol. The molecule has 0 unspecified atom stereocenters. The second-order valence-electron chi connectivity index (χ2n) is 6.51. The van der Waals surface area contributed by atoms with Crippen molar-refractivity contribution in [3.05, 3.63) is 75.5 Å². The molecule has 0 amide bonds. The standard InChI is InChI=1S/C20H14ClN7O/c1-11-17(12-6-3-2-4-7-12)28-20(22-11)18(29)15(13-8-5-9-14(21)10-13)16(25-28)19-23-26-27-24-19/h2-10,25H,1H3,(H,23,24,26,27). The number of nitrogens with zero attached hydrogens (tertiary/aromatic N) is 5. The number of rotatable bonds is 3. The largest absolute Gasteiger partial charge is 0.288 e. The molecule has 0 aliphatic heterocycles. The average molecular weight is 404 g/mol. The number of hydrogen-bond donors (Lipinski definition) is 2. The Morgan fingerprint density at radius 1 is 1.03 bits per heavy atom. The van der Waals surface area contributed by atoms with Crippen molar-refractivity contribution in [2.24, 2.45) is 0 Å². The van der Waals surface area contributed by atoms with Crippen LogP contribution in [-0.4, -0.2) is 35.2 Å². The van der Waals surface area contributed by atoms with Gasteiger partial charge in [-0.15, -0.1) is 10.2 Å². The van der Waals surface area contributed by atoms with Crippen LogP contribution >= 0.6 is 11.6 Å². The molecule has 2 N–H and O–H groups in total. The smallest absolute Gasteiger partial charge is 0.233 e. The zero-order chi connectivity index (χ0) is 20.0. The van der Waals surface area contributed by atoms with Crippen molar-refractivity contribution in [2.45, 2.75) is 6.92 Å². The summed E-state index contributed by atoms with van der Waals surface area (Å²) in [5.41, 5.74) is 3.93. The van der Waals surface area contributed by atoms with Crippen molar-refractivity contribution in [1.82, 2.24) is 35.2 Å². The number of aromatic nitrogens is 7. The van der Waals surface area contributed by atoms with E-state index in [2.05, 4.69) is 30.7 Å². The molecule has 2 aromatic carbocycles. The summed E-state index contributed by atoms with van der Waals surface area (Å²) in [5.74, 6) is 0.268. The number of fused-ring (bicyclic) bond motifs is 1. The molecule has 5 aromatic rings. The molecular weight excluding hydrogens is 390 g/mol. The number of aryl methyl sites for hydroxylation is 1. The van der Waals surface area contributed by atoms with E-state index in [1.807, 2.05) is 43.3 Å². The van der Waals surface area contributed by atoms with Crippen molar-refractivity contribution < 1.29 is 0 Å². The first kappa shape index (κ1) is 17.3. The molecule has 0 saturated heterocycles. The topological polar surface area (TPSA) is 105 Å². The average Bonchev–Trinajstić information content (AvgIpc) is 3.36. The minimum atomic E-state index is -0.254. The highest BCUT2D eigenvalue weighted by Gasteiger charge is 2.22. The fourth-order valence-electron chi connectivity index (χ4n) is 3.47. The zero-order valence-electron chi connectivity index (χ0n) is 15.2. The van der Waals surface area contributed by atoms with Crippen molar-refractivity contribution in [3.8, 4) is 33.9 Å². The van der Waals surface area contributed by atoms with Crippen molar-refractivity contribution in [1.29, 1.82) is 0 Å². The number of halogens is 1. The second kappa shape index (κ2) is 6.68. The molecule has 0 fully saturated rings. The fourth-order valence-corrected chi connectivity index (χ4v) is 3.66. The lowest BCUT2D eigenvalue weighted by molar-refractivity contribution is 0.881. The van der Waals surface area contributed by atoms with Crippen LogP contribution in [0.4, 0.5) is 0 Å². The summed E-state index contributed by atoms with van der Waals surface area (Å²) in [5, 5.41) is 18.0. The Bertz CT molecular complexity index is 1390. The van der Waals surface area contributed by atoms with Crippen LogP contribution in [-0.2, 0) is 0 Å². The number of benzene rings is 2. The summed E-state index contributed by atoms with van der Waals surface area (Å²) in [4.78, 5) is 18.1. The molecule has 5 rings (SSSR count). The minimum absolute atomic E-state index is 0.254. The normalized spacial score (nSPS) is 11.2. The lowest BCUT2D eigenvalue weighted by atomic mass is 10.0. The molecular formula is C20H14ClN7O. The molecule has 8 nitrogen and oxygen atoms in total. The maximum atomic E-state index is 13.5. The van der Waals surface area contributed by atoms with E-state index in [9.17, 15) is 4.79 Å². The van der Waals surface area contributed by atoms with Crippen LogP contribution in [0.5, 0.6) is 0 Å². The van der Waals surface area contributed by atoms with E-state index in [0.29, 0.717) is 21.8 Å². The van der Waals surface area contributed by atoms with Crippen molar-refractivity contribution in [3.63, 3.8) is 0 Å². The number of nitrogens with one attached hydrogen (secondary N) is 2. The van der Waals surface area contributed by atoms with Gasteiger partial charge in [-0.2, -0.15) is 5.21 Å². The Hall–Kier alpha value is -3.78. The molecule has 3 aromatic heterocycles. The highest BCUT2D eigenvalue weighted by Crippen LogP contribution is 2.30. The molecule has 0 aliphatic rings. The number of aromatic amines is 2. The minimum Gasteiger partial charge on any atom is -0.288 e. The van der Waals surface area contributed by atoms with Gasteiger partial charge in [-0.25, -0.2) is 9.50 Å². The molecule has 9 heteroatoms. The number of hydrogen-bond acceptors (Lipinski definition) is 5. The molecule has 0 bridgehead atoms. The third kappa shape index (κ3) is 2.81. The van der Waals surface area contributed by atoms with Gasteiger partial charge in [-0.3, -0.25) is 9.89 Å². The Morgan fingerprint density at radius 2 is 1.83 bits per heavy atom. The van der Waals surface area contributed by atoms with Crippen LogP contribution in [0.2, 0.25) is 5.02 Å². The Kier molecular flexibility index (Phi) is 3.99. The Balaban J connectivity index is 1.90. The zero-order valence-corrected chi connectivity index (χ0v) is 16.0. The van der Waals surface area contributed by atoms with E-state index in [-0.39, 0.29) is 16.9 Å². The van der Waals surface area contributed by atoms with E-state index < -0.39 is 0 Å². The van der Waals surface area contributed by atoms with Gasteiger partial charge in [0.1, 0.15) is 5.69 Å². The summed E-state index contributed by atoms with van der Waals surface area (Å²) < 4.78 is 1.67. The van der Waals surface area contributed by atoms with Gasteiger partial charge in [0.15, 0.2) is 0 Å². The molecule has 0 saturated carbocycles. The van der Waals surface area contributed by atoms with Gasteiger partial charge < -0.3 is 0 Å². The summed E-state index contributed by atoms with van der Waals surface area (Å²) >= 11 is 6.17. The fraction of sp³-hybridized carbons (Fsp3) is 0.0500. The van der Waals surface area contributed by atoms with E-state index >= 15 is 0 Å². The first-order valence-electron chi connectivity index (χ1n) is 8.84. The van der Waals surface area contributed by atoms with E-state index in [0.717, 1.165) is 17.0 Å². The van der Waals surface area contributed by atoms with E-state index in [4.69, 9.17) is 11.6 Å². The third-order valence-corrected chi connectivity index (χ3v) is 4.92. The van der Waals surface area contributed by atoms with Crippen LogP contribution in [0.1, 0.15) is 5.69 Å². The first-order chi connectivity index (χ1) is 14.1.